The van der Waals surface area contributed by atoms with Crippen LogP contribution in [-0.4, -0.2) is 25.3 Å². The molecular formula is C16H20ClNO2S. The van der Waals surface area contributed by atoms with Gasteiger partial charge in [-0.15, -0.1) is 11.3 Å². The smallest absolute Gasteiger partial charge is 0.184 e. The first-order chi connectivity index (χ1) is 10.1. The summed E-state index contributed by atoms with van der Waals surface area (Å²) in [5, 5.41) is 0. The van der Waals surface area contributed by atoms with Crippen molar-refractivity contribution in [2.24, 2.45) is 5.92 Å². The van der Waals surface area contributed by atoms with Crippen LogP contribution in [0.5, 0.6) is 5.75 Å². The van der Waals surface area contributed by atoms with Gasteiger partial charge >= 0.3 is 0 Å². The van der Waals surface area contributed by atoms with E-state index in [1.54, 1.807) is 18.4 Å². The Kier molecular flexibility index (Phi) is 6.03. The number of ether oxygens (including phenoxy) is 2. The molecule has 1 aromatic carbocycles. The van der Waals surface area contributed by atoms with Gasteiger partial charge in [0.2, 0.25) is 0 Å². The molecule has 0 spiro atoms. The molecule has 21 heavy (non-hydrogen) atoms. The second-order valence-electron chi connectivity index (χ2n) is 5.21. The number of thiazole rings is 1. The first-order valence-electron chi connectivity index (χ1n) is 6.97. The largest absolute Gasteiger partial charge is 0.491 e. The number of halogens is 1. The Hall–Kier alpha value is -1.10. The molecule has 0 saturated heterocycles. The first kappa shape index (κ1) is 16.3. The lowest BCUT2D eigenvalue weighted by molar-refractivity contribution is 0.146. The third-order valence-electron chi connectivity index (χ3n) is 2.93. The summed E-state index contributed by atoms with van der Waals surface area (Å²) >= 11 is 7.66. The molecule has 5 heteroatoms. The Morgan fingerprint density at radius 2 is 2.10 bits per heavy atom. The monoisotopic (exact) mass is 325 g/mol. The molecule has 1 heterocycles. The van der Waals surface area contributed by atoms with Gasteiger partial charge in [-0.05, 0) is 24.5 Å². The van der Waals surface area contributed by atoms with Crippen LogP contribution in [0.4, 0.5) is 0 Å². The predicted molar refractivity (Wildman–Crippen MR) is 88.5 cm³/mol. The Balaban J connectivity index is 2.23. The lowest BCUT2D eigenvalue weighted by Gasteiger charge is -2.08. The van der Waals surface area contributed by atoms with E-state index in [0.29, 0.717) is 23.6 Å². The predicted octanol–water partition coefficient (Wildman–Crippen LogP) is 4.69. The SMILES string of the molecule is COCCOc1cccc(-c2nc(Cl)sc2CC(C)C)c1. The first-order valence-corrected chi connectivity index (χ1v) is 8.17. The highest BCUT2D eigenvalue weighted by Crippen LogP contribution is 2.34. The molecule has 0 N–H and O–H groups in total. The van der Waals surface area contributed by atoms with Gasteiger partial charge in [-0.2, -0.15) is 0 Å². The molecule has 0 fully saturated rings. The van der Waals surface area contributed by atoms with Crippen LogP contribution in [-0.2, 0) is 11.2 Å². The summed E-state index contributed by atoms with van der Waals surface area (Å²) in [4.78, 5) is 5.70. The van der Waals surface area contributed by atoms with Gasteiger partial charge in [0.25, 0.3) is 0 Å². The van der Waals surface area contributed by atoms with Crippen LogP contribution < -0.4 is 4.74 Å². The summed E-state index contributed by atoms with van der Waals surface area (Å²) in [5.74, 6) is 1.39. The molecule has 1 aromatic heterocycles. The van der Waals surface area contributed by atoms with Gasteiger partial charge in [-0.25, -0.2) is 4.98 Å². The number of rotatable bonds is 7. The van der Waals surface area contributed by atoms with Crippen LogP contribution in [0.3, 0.4) is 0 Å². The van der Waals surface area contributed by atoms with Crippen LogP contribution in [0.25, 0.3) is 11.3 Å². The van der Waals surface area contributed by atoms with E-state index in [-0.39, 0.29) is 0 Å². The quantitative estimate of drug-likeness (QED) is 0.692. The molecule has 2 rings (SSSR count). The van der Waals surface area contributed by atoms with Crippen molar-refractivity contribution in [1.82, 2.24) is 4.98 Å². The molecule has 0 saturated carbocycles. The average Bonchev–Trinajstić information content (AvgIpc) is 2.79. The maximum absolute atomic E-state index is 6.10. The zero-order chi connectivity index (χ0) is 15.2. The van der Waals surface area contributed by atoms with Crippen LogP contribution in [0, 0.1) is 5.92 Å². The molecule has 0 aliphatic carbocycles. The summed E-state index contributed by atoms with van der Waals surface area (Å²) in [7, 11) is 1.66. The second-order valence-corrected chi connectivity index (χ2v) is 6.87. The number of aromatic nitrogens is 1. The van der Waals surface area contributed by atoms with Gasteiger partial charge in [0.15, 0.2) is 4.47 Å². The Morgan fingerprint density at radius 1 is 1.29 bits per heavy atom. The summed E-state index contributed by atoms with van der Waals surface area (Å²) in [5.41, 5.74) is 2.01. The van der Waals surface area contributed by atoms with E-state index in [1.165, 1.54) is 4.88 Å². The number of hydrogen-bond donors (Lipinski definition) is 0. The van der Waals surface area contributed by atoms with Gasteiger partial charge in [0.05, 0.1) is 12.3 Å². The van der Waals surface area contributed by atoms with Crippen molar-refractivity contribution in [2.45, 2.75) is 20.3 Å². The number of nitrogens with zero attached hydrogens (tertiary/aromatic N) is 1. The van der Waals surface area contributed by atoms with E-state index >= 15 is 0 Å². The molecule has 2 aromatic rings. The molecule has 0 unspecified atom stereocenters. The molecule has 0 amide bonds. The van der Waals surface area contributed by atoms with Crippen LogP contribution in [0.1, 0.15) is 18.7 Å². The molecule has 114 valence electrons. The van der Waals surface area contributed by atoms with Crippen molar-refractivity contribution in [2.75, 3.05) is 20.3 Å². The Labute approximate surface area is 134 Å². The zero-order valence-electron chi connectivity index (χ0n) is 12.6. The number of methoxy groups -OCH3 is 1. The zero-order valence-corrected chi connectivity index (χ0v) is 14.1. The highest BCUT2D eigenvalue weighted by molar-refractivity contribution is 7.16. The van der Waals surface area contributed by atoms with Gasteiger partial charge in [0.1, 0.15) is 12.4 Å². The molecule has 0 atom stereocenters. The van der Waals surface area contributed by atoms with E-state index in [0.717, 1.165) is 23.4 Å². The normalized spacial score (nSPS) is 11.1. The summed E-state index contributed by atoms with van der Waals surface area (Å²) in [6.45, 7) is 5.51. The van der Waals surface area contributed by atoms with Gasteiger partial charge < -0.3 is 9.47 Å². The highest BCUT2D eigenvalue weighted by atomic mass is 35.5. The second kappa shape index (κ2) is 7.78. The minimum atomic E-state index is 0.538. The van der Waals surface area contributed by atoms with Gasteiger partial charge in [-0.3, -0.25) is 0 Å². The van der Waals surface area contributed by atoms with Crippen molar-refractivity contribution in [3.63, 3.8) is 0 Å². The fraction of sp³-hybridized carbons (Fsp3) is 0.438. The van der Waals surface area contributed by atoms with Crippen molar-refractivity contribution >= 4 is 22.9 Å². The maximum atomic E-state index is 6.10. The molecule has 0 aliphatic heterocycles. The van der Waals surface area contributed by atoms with E-state index in [2.05, 4.69) is 18.8 Å². The minimum Gasteiger partial charge on any atom is -0.491 e. The van der Waals surface area contributed by atoms with Crippen LogP contribution in [0.15, 0.2) is 24.3 Å². The van der Waals surface area contributed by atoms with E-state index < -0.39 is 0 Å². The van der Waals surface area contributed by atoms with Crippen molar-refractivity contribution < 1.29 is 9.47 Å². The molecule has 0 bridgehead atoms. The Morgan fingerprint density at radius 3 is 2.81 bits per heavy atom. The minimum absolute atomic E-state index is 0.538. The van der Waals surface area contributed by atoms with E-state index in [4.69, 9.17) is 21.1 Å². The summed E-state index contributed by atoms with van der Waals surface area (Å²) in [6.07, 6.45) is 0.981. The lowest BCUT2D eigenvalue weighted by atomic mass is 10.0. The third-order valence-corrected chi connectivity index (χ3v) is 4.11. The van der Waals surface area contributed by atoms with Crippen LogP contribution in [0.2, 0.25) is 4.47 Å². The number of hydrogen-bond acceptors (Lipinski definition) is 4. The molecule has 3 nitrogen and oxygen atoms in total. The molecule has 0 radical (unpaired) electrons. The average molecular weight is 326 g/mol. The van der Waals surface area contributed by atoms with E-state index in [1.807, 2.05) is 24.3 Å². The number of benzene rings is 1. The topological polar surface area (TPSA) is 31.4 Å². The summed E-state index contributed by atoms with van der Waals surface area (Å²) < 4.78 is 11.2. The van der Waals surface area contributed by atoms with Crippen molar-refractivity contribution in [1.29, 1.82) is 0 Å². The maximum Gasteiger partial charge on any atom is 0.184 e. The van der Waals surface area contributed by atoms with Crippen molar-refractivity contribution in [3.8, 4) is 17.0 Å². The van der Waals surface area contributed by atoms with Gasteiger partial charge in [0, 0.05) is 17.6 Å². The van der Waals surface area contributed by atoms with Crippen molar-refractivity contribution in [3.05, 3.63) is 33.6 Å². The van der Waals surface area contributed by atoms with Crippen LogP contribution >= 0.6 is 22.9 Å². The lowest BCUT2D eigenvalue weighted by Crippen LogP contribution is -2.04. The standard InChI is InChI=1S/C16H20ClNO2S/c1-11(2)9-14-15(18-16(17)21-14)12-5-4-6-13(10-12)20-8-7-19-3/h4-6,10-11H,7-9H2,1-3H3. The summed E-state index contributed by atoms with van der Waals surface area (Å²) in [6, 6.07) is 7.96. The Bertz CT molecular complexity index is 583. The highest BCUT2D eigenvalue weighted by Gasteiger charge is 2.14. The fourth-order valence-corrected chi connectivity index (χ4v) is 3.41. The molecular weight excluding hydrogens is 306 g/mol. The third kappa shape index (κ3) is 4.70. The van der Waals surface area contributed by atoms with Gasteiger partial charge in [-0.1, -0.05) is 37.6 Å². The molecule has 0 aliphatic rings. The fourth-order valence-electron chi connectivity index (χ4n) is 2.03. The van der Waals surface area contributed by atoms with E-state index in [9.17, 15) is 0 Å².